The molecule has 0 saturated carbocycles. The minimum atomic E-state index is -4.48. The van der Waals surface area contributed by atoms with E-state index in [9.17, 15) is 13.2 Å². The van der Waals surface area contributed by atoms with Crippen molar-refractivity contribution in [2.24, 2.45) is 0 Å². The third-order valence-corrected chi connectivity index (χ3v) is 3.04. The van der Waals surface area contributed by atoms with Crippen LogP contribution >= 0.6 is 23.6 Å². The first-order valence-corrected chi connectivity index (χ1v) is 5.68. The molecule has 2 rings (SSSR count). The van der Waals surface area contributed by atoms with E-state index in [4.69, 9.17) is 17.0 Å². The number of rotatable bonds is 2. The Hall–Kier alpha value is -1.55. The summed E-state index contributed by atoms with van der Waals surface area (Å²) in [7, 11) is 1.35. The van der Waals surface area contributed by atoms with Gasteiger partial charge in [-0.25, -0.2) is 4.98 Å². The largest absolute Gasteiger partial charge is 0.468 e. The lowest BCUT2D eigenvalue weighted by molar-refractivity contribution is -0.137. The van der Waals surface area contributed by atoms with E-state index in [1.54, 1.807) is 0 Å². The van der Waals surface area contributed by atoms with Gasteiger partial charge in [0.15, 0.2) is 10.8 Å². The van der Waals surface area contributed by atoms with Crippen LogP contribution in [0.3, 0.4) is 0 Å². The predicted molar refractivity (Wildman–Crippen MR) is 59.9 cm³/mol. The van der Waals surface area contributed by atoms with Crippen molar-refractivity contribution in [3.63, 3.8) is 0 Å². The van der Waals surface area contributed by atoms with E-state index in [2.05, 4.69) is 19.9 Å². The van der Waals surface area contributed by atoms with E-state index in [1.807, 2.05) is 0 Å². The van der Waals surface area contributed by atoms with Crippen molar-refractivity contribution in [2.45, 2.75) is 6.18 Å². The van der Waals surface area contributed by atoms with Gasteiger partial charge in [-0.1, -0.05) is 0 Å². The number of methoxy groups -OCH3 is 1. The second kappa shape index (κ2) is 4.61. The Morgan fingerprint density at radius 3 is 2.67 bits per heavy atom. The fourth-order valence-electron chi connectivity index (χ4n) is 1.09. The Bertz CT molecular complexity index is 621. The van der Waals surface area contributed by atoms with Gasteiger partial charge >= 0.3 is 6.18 Å². The van der Waals surface area contributed by atoms with E-state index in [0.717, 1.165) is 6.20 Å². The Morgan fingerprint density at radius 1 is 1.39 bits per heavy atom. The van der Waals surface area contributed by atoms with Gasteiger partial charge in [-0.05, 0) is 12.2 Å². The minimum absolute atomic E-state index is 0.0254. The third-order valence-electron chi connectivity index (χ3n) is 1.80. The molecule has 0 aliphatic heterocycles. The molecule has 18 heavy (non-hydrogen) atoms. The standard InChI is InChI=1S/C8H5F3N4OS2/c1-16-6-13-4(14-7(17)15-6)3-2-12-5(18-3)8(9,10)11/h2H,1H3,(H,13,14,15,17). The number of thiazole rings is 1. The van der Waals surface area contributed by atoms with Crippen molar-refractivity contribution in [3.8, 4) is 16.7 Å². The molecule has 0 unspecified atom stereocenters. The Kier molecular flexibility index (Phi) is 3.30. The highest BCUT2D eigenvalue weighted by molar-refractivity contribution is 7.71. The van der Waals surface area contributed by atoms with Crippen molar-refractivity contribution in [2.75, 3.05) is 7.11 Å². The number of hydrogen-bond acceptors (Lipinski definition) is 6. The molecule has 96 valence electrons. The highest BCUT2D eigenvalue weighted by atomic mass is 32.1. The monoisotopic (exact) mass is 294 g/mol. The van der Waals surface area contributed by atoms with Crippen LogP contribution in [0, 0.1) is 4.77 Å². The topological polar surface area (TPSA) is 63.7 Å². The van der Waals surface area contributed by atoms with Gasteiger partial charge in [-0.3, -0.25) is 4.98 Å². The molecule has 0 amide bonds. The number of aromatic nitrogens is 4. The number of nitrogens with zero attached hydrogens (tertiary/aromatic N) is 3. The van der Waals surface area contributed by atoms with Crippen LogP contribution in [0.15, 0.2) is 6.20 Å². The maximum absolute atomic E-state index is 12.4. The average Bonchev–Trinajstić information content (AvgIpc) is 2.77. The summed E-state index contributed by atoms with van der Waals surface area (Å²) in [4.78, 5) is 13.6. The lowest BCUT2D eigenvalue weighted by atomic mass is 10.5. The summed E-state index contributed by atoms with van der Waals surface area (Å²) in [6.07, 6.45) is -3.41. The molecule has 0 radical (unpaired) electrons. The van der Waals surface area contributed by atoms with Gasteiger partial charge in [0.05, 0.1) is 12.0 Å². The van der Waals surface area contributed by atoms with Crippen LogP contribution < -0.4 is 4.74 Å². The first-order valence-electron chi connectivity index (χ1n) is 4.46. The summed E-state index contributed by atoms with van der Waals surface area (Å²) in [6, 6.07) is 0.0759. The first-order chi connectivity index (χ1) is 8.40. The van der Waals surface area contributed by atoms with Crippen LogP contribution in [0.5, 0.6) is 6.01 Å². The molecular weight excluding hydrogens is 289 g/mol. The van der Waals surface area contributed by atoms with Gasteiger partial charge in [-0.2, -0.15) is 23.1 Å². The quantitative estimate of drug-likeness (QED) is 0.863. The van der Waals surface area contributed by atoms with Gasteiger partial charge in [0.2, 0.25) is 4.77 Å². The zero-order valence-electron chi connectivity index (χ0n) is 8.78. The molecule has 0 saturated heterocycles. The second-order valence-electron chi connectivity index (χ2n) is 3.02. The third kappa shape index (κ3) is 2.64. The van der Waals surface area contributed by atoms with E-state index in [1.165, 1.54) is 7.11 Å². The maximum atomic E-state index is 12.4. The van der Waals surface area contributed by atoms with Crippen molar-refractivity contribution >= 4 is 23.6 Å². The van der Waals surface area contributed by atoms with Gasteiger partial charge in [0, 0.05) is 6.20 Å². The van der Waals surface area contributed by atoms with E-state index >= 15 is 0 Å². The summed E-state index contributed by atoms with van der Waals surface area (Å²) in [5.74, 6) is 0.139. The summed E-state index contributed by atoms with van der Waals surface area (Å²) in [5, 5.41) is -0.950. The molecule has 0 aromatic carbocycles. The normalized spacial score (nSPS) is 11.6. The SMILES string of the molecule is COc1nc(=S)nc(-c2cnc(C(F)(F)F)s2)[nH]1. The van der Waals surface area contributed by atoms with Crippen LogP contribution in [0.25, 0.3) is 10.7 Å². The first kappa shape index (κ1) is 12.9. The van der Waals surface area contributed by atoms with Gasteiger partial charge in [-0.15, -0.1) is 11.3 Å². The number of alkyl halides is 3. The number of halogens is 3. The molecule has 2 aromatic rings. The van der Waals surface area contributed by atoms with Crippen molar-refractivity contribution < 1.29 is 17.9 Å². The molecule has 5 nitrogen and oxygen atoms in total. The van der Waals surface area contributed by atoms with Crippen LogP contribution in [0.4, 0.5) is 13.2 Å². The predicted octanol–water partition coefficient (Wildman–Crippen LogP) is 2.69. The maximum Gasteiger partial charge on any atom is 0.443 e. The van der Waals surface area contributed by atoms with Crippen molar-refractivity contribution in [1.82, 2.24) is 19.9 Å². The smallest absolute Gasteiger partial charge is 0.443 e. The molecule has 2 heterocycles. The molecule has 10 heteroatoms. The van der Waals surface area contributed by atoms with Crippen molar-refractivity contribution in [1.29, 1.82) is 0 Å². The van der Waals surface area contributed by atoms with E-state index in [-0.39, 0.29) is 21.5 Å². The van der Waals surface area contributed by atoms with Crippen molar-refractivity contribution in [3.05, 3.63) is 16.0 Å². The molecule has 2 aromatic heterocycles. The van der Waals surface area contributed by atoms with Gasteiger partial charge < -0.3 is 4.74 Å². The lowest BCUT2D eigenvalue weighted by Gasteiger charge is -2.01. The van der Waals surface area contributed by atoms with Crippen LogP contribution in [0.2, 0.25) is 0 Å². The van der Waals surface area contributed by atoms with E-state index < -0.39 is 11.2 Å². The molecule has 1 N–H and O–H groups in total. The highest BCUT2D eigenvalue weighted by Crippen LogP contribution is 2.35. The summed E-state index contributed by atoms with van der Waals surface area (Å²) < 4.78 is 42.0. The van der Waals surface area contributed by atoms with Crippen LogP contribution in [-0.4, -0.2) is 27.0 Å². The zero-order chi connectivity index (χ0) is 13.3. The molecule has 0 bridgehead atoms. The molecule has 0 spiro atoms. The van der Waals surface area contributed by atoms with Crippen LogP contribution in [-0.2, 0) is 6.18 Å². The number of H-pyrrole nitrogens is 1. The highest BCUT2D eigenvalue weighted by Gasteiger charge is 2.34. The summed E-state index contributed by atoms with van der Waals surface area (Å²) in [5.41, 5.74) is 0. The second-order valence-corrected chi connectivity index (χ2v) is 4.41. The summed E-state index contributed by atoms with van der Waals surface area (Å²) in [6.45, 7) is 0. The molecule has 0 atom stereocenters. The fraction of sp³-hybridized carbons (Fsp3) is 0.250. The van der Waals surface area contributed by atoms with Gasteiger partial charge in [0.1, 0.15) is 0 Å². The zero-order valence-corrected chi connectivity index (χ0v) is 10.4. The summed E-state index contributed by atoms with van der Waals surface area (Å²) >= 11 is 5.23. The van der Waals surface area contributed by atoms with Crippen LogP contribution in [0.1, 0.15) is 5.01 Å². The molecular formula is C8H5F3N4OS2. The number of hydrogen-bond donors (Lipinski definition) is 1. The average molecular weight is 294 g/mol. The Labute approximate surface area is 108 Å². The number of aromatic amines is 1. The fourth-order valence-corrected chi connectivity index (χ4v) is 2.00. The molecule has 0 aliphatic rings. The Balaban J connectivity index is 2.46. The number of nitrogens with one attached hydrogen (secondary N) is 1. The molecule has 0 aliphatic carbocycles. The Morgan fingerprint density at radius 2 is 2.11 bits per heavy atom. The van der Waals surface area contributed by atoms with E-state index in [0.29, 0.717) is 11.3 Å². The molecule has 0 fully saturated rings. The minimum Gasteiger partial charge on any atom is -0.468 e. The lowest BCUT2D eigenvalue weighted by Crippen LogP contribution is -2.02. The number of ether oxygens (including phenoxy) is 1. The van der Waals surface area contributed by atoms with Gasteiger partial charge in [0.25, 0.3) is 6.01 Å².